The molecule has 1 heterocycles. The molecule has 0 amide bonds. The van der Waals surface area contributed by atoms with Crippen molar-refractivity contribution in [3.8, 4) is 0 Å². The van der Waals surface area contributed by atoms with Gasteiger partial charge in [0.1, 0.15) is 0 Å². The number of likely N-dealkylation sites (tertiary alicyclic amines) is 1. The molecular weight excluding hydrogens is 126 g/mol. The first-order chi connectivity index (χ1) is 4.43. The van der Waals surface area contributed by atoms with Crippen LogP contribution in [0.4, 0.5) is 0 Å². The second-order valence-corrected chi connectivity index (χ2v) is 4.13. The number of nitrogens with zero attached hydrogens (tertiary/aromatic N) is 1. The predicted octanol–water partition coefficient (Wildman–Crippen LogP) is 0.850. The fraction of sp³-hybridized carbons (Fsp3) is 1.00. The minimum Gasteiger partial charge on any atom is -0.390 e. The van der Waals surface area contributed by atoms with E-state index in [-0.39, 0.29) is 11.6 Å². The maximum Gasteiger partial charge on any atom is 0.0819 e. The summed E-state index contributed by atoms with van der Waals surface area (Å²) in [6.45, 7) is 9.43. The van der Waals surface area contributed by atoms with Gasteiger partial charge in [0.05, 0.1) is 6.10 Å². The summed E-state index contributed by atoms with van der Waals surface area (Å²) in [6.07, 6.45) is -0.0979. The topological polar surface area (TPSA) is 23.5 Å². The monoisotopic (exact) mass is 143 g/mol. The van der Waals surface area contributed by atoms with E-state index < -0.39 is 0 Å². The zero-order chi connectivity index (χ0) is 7.94. The molecule has 0 radical (unpaired) electrons. The normalized spacial score (nSPS) is 35.7. The van der Waals surface area contributed by atoms with E-state index in [1.54, 1.807) is 0 Å². The summed E-state index contributed by atoms with van der Waals surface area (Å²) in [5.74, 6) is 0. The Hall–Kier alpha value is -0.0800. The first-order valence-electron chi connectivity index (χ1n) is 3.88. The molecule has 0 spiro atoms. The van der Waals surface area contributed by atoms with Crippen molar-refractivity contribution < 1.29 is 5.11 Å². The van der Waals surface area contributed by atoms with Crippen LogP contribution >= 0.6 is 0 Å². The maximum atomic E-state index is 9.21. The SMILES string of the molecule is C[C@H]1[C@@H](O)CN1C(C)(C)C. The highest BCUT2D eigenvalue weighted by atomic mass is 16.3. The van der Waals surface area contributed by atoms with E-state index >= 15 is 0 Å². The van der Waals surface area contributed by atoms with Gasteiger partial charge in [0.2, 0.25) is 0 Å². The number of hydrogen-bond donors (Lipinski definition) is 1. The van der Waals surface area contributed by atoms with Crippen molar-refractivity contribution in [2.24, 2.45) is 0 Å². The summed E-state index contributed by atoms with van der Waals surface area (Å²) in [5.41, 5.74) is 0.221. The van der Waals surface area contributed by atoms with Gasteiger partial charge in [-0.2, -0.15) is 0 Å². The van der Waals surface area contributed by atoms with Gasteiger partial charge in [-0.25, -0.2) is 0 Å². The summed E-state index contributed by atoms with van der Waals surface area (Å²) < 4.78 is 0. The van der Waals surface area contributed by atoms with Crippen LogP contribution in [-0.4, -0.2) is 34.2 Å². The van der Waals surface area contributed by atoms with Crippen molar-refractivity contribution in [3.63, 3.8) is 0 Å². The van der Waals surface area contributed by atoms with E-state index in [4.69, 9.17) is 0 Å². The van der Waals surface area contributed by atoms with E-state index in [9.17, 15) is 5.11 Å². The van der Waals surface area contributed by atoms with E-state index in [0.29, 0.717) is 6.04 Å². The minimum absolute atomic E-state index is 0.0979. The number of aliphatic hydroxyl groups is 1. The molecule has 2 nitrogen and oxygen atoms in total. The number of aliphatic hydroxyl groups excluding tert-OH is 1. The lowest BCUT2D eigenvalue weighted by Crippen LogP contribution is -2.64. The molecule has 0 aromatic heterocycles. The summed E-state index contributed by atoms with van der Waals surface area (Å²) in [6, 6.07) is 0.347. The summed E-state index contributed by atoms with van der Waals surface area (Å²) in [7, 11) is 0. The summed E-state index contributed by atoms with van der Waals surface area (Å²) >= 11 is 0. The Morgan fingerprint density at radius 1 is 1.40 bits per heavy atom. The Morgan fingerprint density at radius 2 is 1.90 bits per heavy atom. The Bertz CT molecular complexity index is 128. The first-order valence-corrected chi connectivity index (χ1v) is 3.88. The molecule has 1 saturated heterocycles. The Kier molecular flexibility index (Phi) is 1.77. The van der Waals surface area contributed by atoms with Crippen LogP contribution in [0.25, 0.3) is 0 Å². The van der Waals surface area contributed by atoms with Gasteiger partial charge in [0.15, 0.2) is 0 Å². The first kappa shape index (κ1) is 8.02. The second kappa shape index (κ2) is 2.21. The van der Waals surface area contributed by atoms with E-state index in [1.165, 1.54) is 0 Å². The zero-order valence-corrected chi connectivity index (χ0v) is 7.26. The number of β-amino-alcohol motifs (C(OH)–C–C–N with tert-alkyl or cyclic N) is 1. The molecule has 60 valence electrons. The molecule has 1 aliphatic rings. The quantitative estimate of drug-likeness (QED) is 0.543. The molecule has 0 bridgehead atoms. The third-order valence-corrected chi connectivity index (χ3v) is 2.29. The Balaban J connectivity index is 2.48. The second-order valence-electron chi connectivity index (χ2n) is 4.13. The molecule has 0 unspecified atom stereocenters. The summed E-state index contributed by atoms with van der Waals surface area (Å²) in [4.78, 5) is 2.30. The van der Waals surface area contributed by atoms with Gasteiger partial charge in [-0.05, 0) is 27.7 Å². The van der Waals surface area contributed by atoms with Crippen LogP contribution in [0, 0.1) is 0 Å². The molecule has 0 saturated carbocycles. The average molecular weight is 143 g/mol. The lowest BCUT2D eigenvalue weighted by molar-refractivity contribution is -0.0984. The third kappa shape index (κ3) is 1.18. The van der Waals surface area contributed by atoms with Crippen molar-refractivity contribution in [1.29, 1.82) is 0 Å². The van der Waals surface area contributed by atoms with Crippen molar-refractivity contribution in [1.82, 2.24) is 4.90 Å². The molecule has 0 aromatic carbocycles. The van der Waals surface area contributed by atoms with Gasteiger partial charge in [-0.1, -0.05) is 0 Å². The number of rotatable bonds is 0. The third-order valence-electron chi connectivity index (χ3n) is 2.29. The van der Waals surface area contributed by atoms with Gasteiger partial charge in [0, 0.05) is 18.1 Å². The van der Waals surface area contributed by atoms with Crippen molar-refractivity contribution in [2.45, 2.75) is 45.4 Å². The van der Waals surface area contributed by atoms with E-state index in [2.05, 4.69) is 32.6 Å². The molecule has 10 heavy (non-hydrogen) atoms. The van der Waals surface area contributed by atoms with E-state index in [1.807, 2.05) is 0 Å². The largest absolute Gasteiger partial charge is 0.390 e. The van der Waals surface area contributed by atoms with Crippen LogP contribution in [0.2, 0.25) is 0 Å². The zero-order valence-electron chi connectivity index (χ0n) is 7.26. The Morgan fingerprint density at radius 3 is 2.00 bits per heavy atom. The van der Waals surface area contributed by atoms with Crippen molar-refractivity contribution >= 4 is 0 Å². The van der Waals surface area contributed by atoms with Crippen LogP contribution < -0.4 is 0 Å². The fourth-order valence-corrected chi connectivity index (χ4v) is 1.47. The maximum absolute atomic E-state index is 9.21. The smallest absolute Gasteiger partial charge is 0.0819 e. The fourth-order valence-electron chi connectivity index (χ4n) is 1.47. The highest BCUT2D eigenvalue weighted by molar-refractivity contribution is 4.95. The van der Waals surface area contributed by atoms with Crippen LogP contribution in [0.15, 0.2) is 0 Å². The average Bonchev–Trinajstić information content (AvgIpc) is 1.79. The van der Waals surface area contributed by atoms with Gasteiger partial charge in [0.25, 0.3) is 0 Å². The molecule has 1 fully saturated rings. The number of hydrogen-bond acceptors (Lipinski definition) is 2. The van der Waals surface area contributed by atoms with Crippen molar-refractivity contribution in [3.05, 3.63) is 0 Å². The highest BCUT2D eigenvalue weighted by Crippen LogP contribution is 2.26. The lowest BCUT2D eigenvalue weighted by Gasteiger charge is -2.51. The van der Waals surface area contributed by atoms with E-state index in [0.717, 1.165) is 6.54 Å². The van der Waals surface area contributed by atoms with Crippen molar-refractivity contribution in [2.75, 3.05) is 6.54 Å². The predicted molar refractivity (Wildman–Crippen MR) is 41.9 cm³/mol. The van der Waals surface area contributed by atoms with Crippen LogP contribution in [0.5, 0.6) is 0 Å². The molecule has 2 atom stereocenters. The van der Waals surface area contributed by atoms with Crippen LogP contribution in [0.1, 0.15) is 27.7 Å². The molecule has 2 heteroatoms. The molecule has 0 aliphatic carbocycles. The van der Waals surface area contributed by atoms with Gasteiger partial charge < -0.3 is 5.11 Å². The standard InChI is InChI=1S/C8H17NO/c1-6-7(10)5-9(6)8(2,3)4/h6-7,10H,5H2,1-4H3/t6-,7-/m0/s1. The molecular formula is C8H17NO. The van der Waals surface area contributed by atoms with Gasteiger partial charge in [-0.3, -0.25) is 4.90 Å². The van der Waals surface area contributed by atoms with Crippen LogP contribution in [0.3, 0.4) is 0 Å². The summed E-state index contributed by atoms with van der Waals surface area (Å²) in [5, 5.41) is 9.21. The Labute approximate surface area is 62.8 Å². The molecule has 1 N–H and O–H groups in total. The lowest BCUT2D eigenvalue weighted by atomic mass is 9.92. The molecule has 1 aliphatic heterocycles. The minimum atomic E-state index is -0.0979. The van der Waals surface area contributed by atoms with Crippen LogP contribution in [-0.2, 0) is 0 Å². The molecule has 0 aromatic rings. The van der Waals surface area contributed by atoms with Gasteiger partial charge >= 0.3 is 0 Å². The van der Waals surface area contributed by atoms with Gasteiger partial charge in [-0.15, -0.1) is 0 Å². The highest BCUT2D eigenvalue weighted by Gasteiger charge is 2.39. The molecule has 1 rings (SSSR count).